The summed E-state index contributed by atoms with van der Waals surface area (Å²) in [5.74, 6) is 1.24. The Morgan fingerprint density at radius 2 is 1.95 bits per heavy atom. The van der Waals surface area contributed by atoms with Crippen molar-refractivity contribution in [2.45, 2.75) is 89.2 Å². The van der Waals surface area contributed by atoms with E-state index in [9.17, 15) is 13.2 Å². The summed E-state index contributed by atoms with van der Waals surface area (Å²) < 4.78 is 36.4. The average molecular weight is 568 g/mol. The Morgan fingerprint density at radius 1 is 1.20 bits per heavy atom. The lowest BCUT2D eigenvalue weighted by atomic mass is 9.84. The van der Waals surface area contributed by atoms with Gasteiger partial charge in [0.05, 0.1) is 33.8 Å². The predicted molar refractivity (Wildman–Crippen MR) is 154 cm³/mol. The van der Waals surface area contributed by atoms with Crippen LogP contribution in [-0.4, -0.2) is 52.0 Å². The number of rotatable bonds is 7. The number of fused-ring (bicyclic) bond motifs is 2. The highest BCUT2D eigenvalue weighted by Crippen LogP contribution is 2.38. The summed E-state index contributed by atoms with van der Waals surface area (Å²) >= 11 is 0. The maximum atomic E-state index is 12.5. The molecule has 2 aliphatic heterocycles. The molecule has 0 aliphatic carbocycles. The molecule has 0 spiro atoms. The number of carbonyl (C=O) groups excluding carboxylic acids is 1. The van der Waals surface area contributed by atoms with Crippen LogP contribution >= 0.6 is 0 Å². The van der Waals surface area contributed by atoms with Gasteiger partial charge < -0.3 is 20.5 Å². The van der Waals surface area contributed by atoms with Crippen LogP contribution in [0.25, 0.3) is 10.8 Å². The predicted octanol–water partition coefficient (Wildman–Crippen LogP) is 4.75. The molecule has 1 fully saturated rings. The second-order valence-electron chi connectivity index (χ2n) is 12.1. The lowest BCUT2D eigenvalue weighted by Crippen LogP contribution is -2.39. The molecule has 5 rings (SSSR count). The smallest absolute Gasteiger partial charge is 0.340 e. The maximum absolute atomic E-state index is 12.5. The Balaban J connectivity index is 1.46. The molecule has 214 valence electrons. The second kappa shape index (κ2) is 9.95. The first-order valence-electron chi connectivity index (χ1n) is 13.6. The van der Waals surface area contributed by atoms with Crippen LogP contribution in [0.15, 0.2) is 30.6 Å². The monoisotopic (exact) mass is 567 g/mol. The topological polar surface area (TPSA) is 146 Å². The summed E-state index contributed by atoms with van der Waals surface area (Å²) in [6, 6.07) is 5.32. The van der Waals surface area contributed by atoms with Gasteiger partial charge in [0.2, 0.25) is 5.88 Å². The minimum atomic E-state index is -3.07. The number of nitrogens with zero attached hydrogens (tertiary/aromatic N) is 3. The molecular formula is C29H37N5O5S. The maximum Gasteiger partial charge on any atom is 0.340 e. The first kappa shape index (κ1) is 28.2. The van der Waals surface area contributed by atoms with Gasteiger partial charge in [0, 0.05) is 30.3 Å². The molecule has 5 heterocycles. The highest BCUT2D eigenvalue weighted by atomic mass is 32.2. The number of aromatic nitrogens is 3. The zero-order chi connectivity index (χ0) is 29.0. The Morgan fingerprint density at radius 3 is 2.62 bits per heavy atom. The quantitative estimate of drug-likeness (QED) is 0.383. The molecule has 3 N–H and O–H groups in total. The molecule has 0 bridgehead atoms. The van der Waals surface area contributed by atoms with Gasteiger partial charge in [-0.1, -0.05) is 6.92 Å². The van der Waals surface area contributed by atoms with Crippen molar-refractivity contribution in [2.24, 2.45) is 5.73 Å². The van der Waals surface area contributed by atoms with Crippen LogP contribution in [0.4, 0.5) is 11.6 Å². The van der Waals surface area contributed by atoms with Crippen LogP contribution in [0.2, 0.25) is 0 Å². The van der Waals surface area contributed by atoms with Crippen LogP contribution < -0.4 is 15.8 Å². The van der Waals surface area contributed by atoms with Crippen LogP contribution in [0.5, 0.6) is 5.88 Å². The van der Waals surface area contributed by atoms with Crippen molar-refractivity contribution in [3.05, 3.63) is 47.4 Å². The van der Waals surface area contributed by atoms with Gasteiger partial charge in [0.15, 0.2) is 9.84 Å². The molecular weight excluding hydrogens is 530 g/mol. The minimum absolute atomic E-state index is 0.0943. The fourth-order valence-corrected chi connectivity index (χ4v) is 7.40. The Labute approximate surface area is 235 Å². The van der Waals surface area contributed by atoms with E-state index in [4.69, 9.17) is 20.2 Å². The number of anilines is 2. The van der Waals surface area contributed by atoms with Crippen LogP contribution in [0.1, 0.15) is 88.3 Å². The van der Waals surface area contributed by atoms with Crippen LogP contribution in [0.3, 0.4) is 0 Å². The molecule has 3 aromatic heterocycles. The van der Waals surface area contributed by atoms with Gasteiger partial charge in [-0.3, -0.25) is 0 Å². The number of hydrogen-bond donors (Lipinski definition) is 2. The van der Waals surface area contributed by atoms with Gasteiger partial charge >= 0.3 is 5.97 Å². The van der Waals surface area contributed by atoms with Gasteiger partial charge in [-0.25, -0.2) is 28.2 Å². The third kappa shape index (κ3) is 5.36. The summed E-state index contributed by atoms with van der Waals surface area (Å²) in [4.78, 5) is 26.4. The molecule has 10 nitrogen and oxygen atoms in total. The van der Waals surface area contributed by atoms with Gasteiger partial charge in [-0.2, -0.15) is 0 Å². The van der Waals surface area contributed by atoms with Crippen molar-refractivity contribution >= 4 is 38.2 Å². The number of carbonyl (C=O) groups is 1. The molecule has 2 aliphatic rings. The van der Waals surface area contributed by atoms with Gasteiger partial charge in [-0.05, 0) is 76.6 Å². The number of nitrogens with one attached hydrogen (secondary N) is 1. The molecule has 1 saturated heterocycles. The zero-order valence-corrected chi connectivity index (χ0v) is 24.6. The van der Waals surface area contributed by atoms with E-state index in [1.54, 1.807) is 24.5 Å². The van der Waals surface area contributed by atoms with E-state index in [0.717, 1.165) is 10.9 Å². The Kier molecular flexibility index (Phi) is 7.02. The molecule has 3 atom stereocenters. The highest BCUT2D eigenvalue weighted by molar-refractivity contribution is 7.92. The largest absolute Gasteiger partial charge is 0.474 e. The highest BCUT2D eigenvalue weighted by Gasteiger charge is 2.40. The number of cyclic esters (lactones) is 1. The van der Waals surface area contributed by atoms with Gasteiger partial charge in [0.1, 0.15) is 17.2 Å². The van der Waals surface area contributed by atoms with Crippen LogP contribution in [-0.2, 0) is 20.1 Å². The fourth-order valence-electron chi connectivity index (χ4n) is 5.41. The first-order valence-corrected chi connectivity index (χ1v) is 15.3. The first-order chi connectivity index (χ1) is 18.7. The molecule has 0 unspecified atom stereocenters. The molecule has 0 aromatic carbocycles. The van der Waals surface area contributed by atoms with Crippen molar-refractivity contribution in [2.75, 3.05) is 11.1 Å². The molecule has 0 amide bonds. The number of sulfone groups is 1. The van der Waals surface area contributed by atoms with Gasteiger partial charge in [0.25, 0.3) is 0 Å². The fraction of sp³-hybridized carbons (Fsp3) is 0.517. The van der Waals surface area contributed by atoms with Crippen molar-refractivity contribution in [1.82, 2.24) is 15.0 Å². The third-order valence-corrected chi connectivity index (χ3v) is 10.3. The summed E-state index contributed by atoms with van der Waals surface area (Å²) in [7, 11) is -3.07. The van der Waals surface area contributed by atoms with Crippen molar-refractivity contribution in [1.29, 1.82) is 0 Å². The van der Waals surface area contributed by atoms with Crippen molar-refractivity contribution in [3.63, 3.8) is 0 Å². The SMILES string of the molecule is C[C@@H]1c2nc(Nc3cc4c(C(C)(C)N)cnc(O[C@@H](C)C[C@@H]5CCCS5(=O)=O)c4cn3)ccc2C(=O)OC1(C)C. The number of nitrogens with two attached hydrogens (primary N) is 1. The summed E-state index contributed by atoms with van der Waals surface area (Å²) in [6.07, 6.45) is 4.80. The molecule has 0 saturated carbocycles. The standard InChI is InChI=1S/C29H37N5O5S/c1-16(12-18-8-7-11-40(18,36)37)38-26-21-14-31-24(13-20(21)22(15-32-26)28(3,4)30)33-23-10-9-19-25(34-23)17(2)29(5,6)39-27(19)35/h9-10,13-18H,7-8,11-12,30H2,1-6H3,(H,31,33,34)/t16-,17+,18-/m0/s1. The van der Waals surface area contributed by atoms with E-state index < -0.39 is 21.0 Å². The molecule has 11 heteroatoms. The Hall–Kier alpha value is -3.31. The molecule has 3 aromatic rings. The summed E-state index contributed by atoms with van der Waals surface area (Å²) in [5.41, 5.74) is 7.08. The number of pyridine rings is 3. The number of esters is 1. The summed E-state index contributed by atoms with van der Waals surface area (Å²) in [6.45, 7) is 11.4. The molecule has 40 heavy (non-hydrogen) atoms. The van der Waals surface area contributed by atoms with E-state index in [1.165, 1.54) is 0 Å². The lowest BCUT2D eigenvalue weighted by Gasteiger charge is -2.36. The number of ether oxygens (including phenoxy) is 2. The zero-order valence-electron chi connectivity index (χ0n) is 23.8. The van der Waals surface area contributed by atoms with Crippen molar-refractivity contribution < 1.29 is 22.7 Å². The van der Waals surface area contributed by atoms with Gasteiger partial charge in [-0.15, -0.1) is 0 Å². The Bertz CT molecular complexity index is 1580. The van der Waals surface area contributed by atoms with E-state index in [0.29, 0.717) is 53.4 Å². The van der Waals surface area contributed by atoms with E-state index >= 15 is 0 Å². The second-order valence-corrected chi connectivity index (χ2v) is 14.5. The normalized spacial score (nSPS) is 22.4. The minimum Gasteiger partial charge on any atom is -0.474 e. The van der Waals surface area contributed by atoms with E-state index in [-0.39, 0.29) is 29.0 Å². The summed E-state index contributed by atoms with van der Waals surface area (Å²) in [5, 5.41) is 4.37. The average Bonchev–Trinajstić information content (AvgIpc) is 3.18. The molecule has 0 radical (unpaired) electrons. The van der Waals surface area contributed by atoms with E-state index in [2.05, 4.69) is 15.3 Å². The lowest BCUT2D eigenvalue weighted by molar-refractivity contribution is -0.0189. The van der Waals surface area contributed by atoms with Crippen LogP contribution in [0, 0.1) is 0 Å². The van der Waals surface area contributed by atoms with E-state index in [1.807, 2.05) is 47.6 Å². The number of hydrogen-bond acceptors (Lipinski definition) is 10. The van der Waals surface area contributed by atoms with Crippen molar-refractivity contribution in [3.8, 4) is 5.88 Å². The third-order valence-electron chi connectivity index (χ3n) is 8.01.